The Hall–Kier alpha value is -3.35. The second kappa shape index (κ2) is 8.15. The lowest BCUT2D eigenvalue weighted by Crippen LogP contribution is -2.33. The number of esters is 2. The molecule has 7 nitrogen and oxygen atoms in total. The van der Waals surface area contributed by atoms with Crippen molar-refractivity contribution in [2.45, 2.75) is 12.5 Å². The Morgan fingerprint density at radius 2 is 1.73 bits per heavy atom. The standard InChI is InChI=1S/C19H17NO6/c21-17(26-16-10-11-24-19(16)23)12-20-18(22)13-6-8-15(9-7-13)25-14-4-2-1-3-5-14/h1-9,16H,10-12H2,(H,20,22). The predicted molar refractivity (Wildman–Crippen MR) is 90.7 cm³/mol. The zero-order valence-corrected chi connectivity index (χ0v) is 13.8. The first-order valence-corrected chi connectivity index (χ1v) is 8.09. The summed E-state index contributed by atoms with van der Waals surface area (Å²) in [5.74, 6) is -0.392. The molecule has 0 radical (unpaired) electrons. The van der Waals surface area contributed by atoms with Crippen LogP contribution in [0.15, 0.2) is 54.6 Å². The van der Waals surface area contributed by atoms with E-state index in [0.717, 1.165) is 0 Å². The minimum atomic E-state index is -0.881. The first kappa shape index (κ1) is 17.5. The van der Waals surface area contributed by atoms with Crippen LogP contribution in [0, 0.1) is 0 Å². The van der Waals surface area contributed by atoms with Crippen LogP contribution in [0.2, 0.25) is 0 Å². The van der Waals surface area contributed by atoms with Crippen LogP contribution >= 0.6 is 0 Å². The van der Waals surface area contributed by atoms with E-state index in [1.807, 2.05) is 30.3 Å². The summed E-state index contributed by atoms with van der Waals surface area (Å²) in [5.41, 5.74) is 0.374. The Morgan fingerprint density at radius 3 is 2.38 bits per heavy atom. The van der Waals surface area contributed by atoms with Crippen LogP contribution in [0.5, 0.6) is 11.5 Å². The Kier molecular flexibility index (Phi) is 5.48. The quantitative estimate of drug-likeness (QED) is 0.798. The van der Waals surface area contributed by atoms with E-state index in [4.69, 9.17) is 14.2 Å². The van der Waals surface area contributed by atoms with Crippen molar-refractivity contribution in [2.24, 2.45) is 0 Å². The molecule has 1 amide bonds. The molecule has 134 valence electrons. The molecule has 1 aliphatic heterocycles. The third-order valence-electron chi connectivity index (χ3n) is 3.65. The molecule has 0 aliphatic carbocycles. The molecule has 2 aromatic rings. The number of carbonyl (C=O) groups excluding carboxylic acids is 3. The fraction of sp³-hybridized carbons (Fsp3) is 0.211. The van der Waals surface area contributed by atoms with Gasteiger partial charge in [-0.2, -0.15) is 0 Å². The molecule has 0 aromatic heterocycles. The zero-order valence-electron chi connectivity index (χ0n) is 13.8. The van der Waals surface area contributed by atoms with Crippen molar-refractivity contribution in [3.8, 4) is 11.5 Å². The number of benzene rings is 2. The van der Waals surface area contributed by atoms with Crippen LogP contribution in [0.1, 0.15) is 16.8 Å². The number of carbonyl (C=O) groups is 3. The lowest BCUT2D eigenvalue weighted by molar-refractivity contribution is -0.159. The molecular weight excluding hydrogens is 338 g/mol. The van der Waals surface area contributed by atoms with Crippen molar-refractivity contribution in [1.82, 2.24) is 5.32 Å². The van der Waals surface area contributed by atoms with E-state index >= 15 is 0 Å². The Balaban J connectivity index is 1.48. The highest BCUT2D eigenvalue weighted by Gasteiger charge is 2.30. The van der Waals surface area contributed by atoms with E-state index in [1.54, 1.807) is 24.3 Å². The molecule has 1 fully saturated rings. The summed E-state index contributed by atoms with van der Waals surface area (Å²) in [6.07, 6.45) is -0.546. The maximum atomic E-state index is 12.1. The summed E-state index contributed by atoms with van der Waals surface area (Å²) < 4.78 is 15.3. The maximum absolute atomic E-state index is 12.1. The molecule has 1 atom stereocenters. The first-order valence-electron chi connectivity index (χ1n) is 8.09. The average Bonchev–Trinajstić information content (AvgIpc) is 3.06. The van der Waals surface area contributed by atoms with Crippen molar-refractivity contribution in [3.63, 3.8) is 0 Å². The fourth-order valence-corrected chi connectivity index (χ4v) is 2.34. The molecule has 0 bridgehead atoms. The fourth-order valence-electron chi connectivity index (χ4n) is 2.34. The van der Waals surface area contributed by atoms with Gasteiger partial charge in [0, 0.05) is 12.0 Å². The molecule has 1 N–H and O–H groups in total. The van der Waals surface area contributed by atoms with Crippen molar-refractivity contribution >= 4 is 17.8 Å². The van der Waals surface area contributed by atoms with Crippen molar-refractivity contribution in [1.29, 1.82) is 0 Å². The molecule has 0 spiro atoms. The first-order chi connectivity index (χ1) is 12.6. The number of nitrogens with one attached hydrogen (secondary N) is 1. The molecular formula is C19H17NO6. The van der Waals surface area contributed by atoms with E-state index in [-0.39, 0.29) is 13.2 Å². The van der Waals surface area contributed by atoms with E-state index in [2.05, 4.69) is 5.32 Å². The number of amides is 1. The lowest BCUT2D eigenvalue weighted by atomic mass is 10.2. The monoisotopic (exact) mass is 355 g/mol. The lowest BCUT2D eigenvalue weighted by Gasteiger charge is -2.10. The number of cyclic esters (lactones) is 1. The Labute approximate surface area is 149 Å². The largest absolute Gasteiger partial charge is 0.463 e. The molecule has 1 heterocycles. The summed E-state index contributed by atoms with van der Waals surface area (Å²) >= 11 is 0. The number of hydrogen-bond donors (Lipinski definition) is 1. The third kappa shape index (κ3) is 4.60. The minimum absolute atomic E-state index is 0.237. The molecule has 1 saturated heterocycles. The number of para-hydroxylation sites is 1. The summed E-state index contributed by atoms with van der Waals surface area (Å²) in [7, 11) is 0. The number of rotatable bonds is 6. The average molecular weight is 355 g/mol. The van der Waals surface area contributed by atoms with Crippen LogP contribution in [0.25, 0.3) is 0 Å². The van der Waals surface area contributed by atoms with Crippen LogP contribution in [0.3, 0.4) is 0 Å². The van der Waals surface area contributed by atoms with Gasteiger partial charge in [-0.25, -0.2) is 4.79 Å². The van der Waals surface area contributed by atoms with Gasteiger partial charge in [-0.3, -0.25) is 9.59 Å². The SMILES string of the molecule is O=C(CNC(=O)c1ccc(Oc2ccccc2)cc1)OC1CCOC1=O. The smallest absolute Gasteiger partial charge is 0.347 e. The third-order valence-corrected chi connectivity index (χ3v) is 3.65. The Morgan fingerprint density at radius 1 is 1.04 bits per heavy atom. The molecule has 2 aromatic carbocycles. The highest BCUT2D eigenvalue weighted by Crippen LogP contribution is 2.21. The van der Waals surface area contributed by atoms with Crippen LogP contribution < -0.4 is 10.1 Å². The van der Waals surface area contributed by atoms with Gasteiger partial charge in [0.2, 0.25) is 6.10 Å². The van der Waals surface area contributed by atoms with E-state index in [9.17, 15) is 14.4 Å². The molecule has 0 saturated carbocycles. The van der Waals surface area contributed by atoms with E-state index in [1.165, 1.54) is 0 Å². The van der Waals surface area contributed by atoms with Gasteiger partial charge in [0.1, 0.15) is 18.0 Å². The van der Waals surface area contributed by atoms with Crippen LogP contribution in [-0.2, 0) is 19.1 Å². The molecule has 1 aliphatic rings. The van der Waals surface area contributed by atoms with Crippen molar-refractivity contribution < 1.29 is 28.6 Å². The summed E-state index contributed by atoms with van der Waals surface area (Å²) in [5, 5.41) is 2.45. The molecule has 7 heteroatoms. The number of ether oxygens (including phenoxy) is 3. The predicted octanol–water partition coefficient (Wildman–Crippen LogP) is 2.07. The van der Waals surface area contributed by atoms with Crippen LogP contribution in [-0.4, -0.2) is 37.1 Å². The van der Waals surface area contributed by atoms with Gasteiger partial charge < -0.3 is 19.5 Å². The van der Waals surface area contributed by atoms with Gasteiger partial charge in [0.05, 0.1) is 6.61 Å². The second-order valence-electron chi connectivity index (χ2n) is 5.56. The van der Waals surface area contributed by atoms with Crippen molar-refractivity contribution in [3.05, 3.63) is 60.2 Å². The van der Waals surface area contributed by atoms with Crippen molar-refractivity contribution in [2.75, 3.05) is 13.2 Å². The normalized spacial score (nSPS) is 15.8. The molecule has 1 unspecified atom stereocenters. The van der Waals surface area contributed by atoms with Gasteiger partial charge in [-0.05, 0) is 36.4 Å². The minimum Gasteiger partial charge on any atom is -0.463 e. The van der Waals surface area contributed by atoms with E-state index < -0.39 is 23.9 Å². The topological polar surface area (TPSA) is 90.9 Å². The second-order valence-corrected chi connectivity index (χ2v) is 5.56. The van der Waals surface area contributed by atoms with E-state index in [0.29, 0.717) is 23.5 Å². The van der Waals surface area contributed by atoms with Gasteiger partial charge in [0.25, 0.3) is 5.91 Å². The highest BCUT2D eigenvalue weighted by atomic mass is 16.6. The summed E-state index contributed by atoms with van der Waals surface area (Å²) in [4.78, 5) is 35.0. The van der Waals surface area contributed by atoms with Gasteiger partial charge in [-0.15, -0.1) is 0 Å². The van der Waals surface area contributed by atoms with Gasteiger partial charge in [-0.1, -0.05) is 18.2 Å². The molecule has 3 rings (SSSR count). The maximum Gasteiger partial charge on any atom is 0.347 e. The number of hydrogen-bond acceptors (Lipinski definition) is 6. The Bertz CT molecular complexity index is 787. The summed E-state index contributed by atoms with van der Waals surface area (Å²) in [6.45, 7) is -0.0918. The highest BCUT2D eigenvalue weighted by molar-refractivity contribution is 5.96. The molecule has 26 heavy (non-hydrogen) atoms. The van der Waals surface area contributed by atoms with Gasteiger partial charge in [0.15, 0.2) is 0 Å². The summed E-state index contributed by atoms with van der Waals surface area (Å²) in [6, 6.07) is 15.8. The van der Waals surface area contributed by atoms with Gasteiger partial charge >= 0.3 is 11.9 Å². The van der Waals surface area contributed by atoms with Crippen LogP contribution in [0.4, 0.5) is 0 Å². The zero-order chi connectivity index (χ0) is 18.4.